The fourth-order valence-electron chi connectivity index (χ4n) is 5.13. The highest BCUT2D eigenvalue weighted by Crippen LogP contribution is 2.30. The van der Waals surface area contributed by atoms with E-state index in [1.54, 1.807) is 0 Å². The minimum absolute atomic E-state index is 0.223. The largest absolute Gasteiger partial charge is 0.382 e. The molecule has 4 nitrogen and oxygen atoms in total. The van der Waals surface area contributed by atoms with Crippen molar-refractivity contribution in [1.82, 2.24) is 9.80 Å². The van der Waals surface area contributed by atoms with Crippen molar-refractivity contribution in [3.05, 3.63) is 29.3 Å². The van der Waals surface area contributed by atoms with Gasteiger partial charge in [0.2, 0.25) is 5.91 Å². The molecule has 0 bridgehead atoms. The molecule has 1 amide bonds. The molecule has 3 fully saturated rings. The van der Waals surface area contributed by atoms with Gasteiger partial charge in [-0.05, 0) is 56.7 Å². The number of nitrogens with zero attached hydrogens (tertiary/aromatic N) is 2. The van der Waals surface area contributed by atoms with Gasteiger partial charge >= 0.3 is 0 Å². The normalized spacial score (nSPS) is 27.7. The van der Waals surface area contributed by atoms with Crippen molar-refractivity contribution < 1.29 is 4.79 Å². The minimum Gasteiger partial charge on any atom is -0.382 e. The molecule has 1 heterocycles. The molecule has 1 aromatic carbocycles. The fourth-order valence-corrected chi connectivity index (χ4v) is 5.32. The lowest BCUT2D eigenvalue weighted by Crippen LogP contribution is -2.53. The molecule has 5 heteroatoms. The predicted molar refractivity (Wildman–Crippen MR) is 111 cm³/mol. The van der Waals surface area contributed by atoms with Gasteiger partial charge < -0.3 is 10.2 Å². The summed E-state index contributed by atoms with van der Waals surface area (Å²) in [4.78, 5) is 17.7. The highest BCUT2D eigenvalue weighted by Gasteiger charge is 2.32. The Balaban J connectivity index is 1.22. The van der Waals surface area contributed by atoms with E-state index in [-0.39, 0.29) is 5.92 Å². The summed E-state index contributed by atoms with van der Waals surface area (Å²) in [5, 5.41) is 4.35. The predicted octanol–water partition coefficient (Wildman–Crippen LogP) is 4.40. The van der Waals surface area contributed by atoms with E-state index < -0.39 is 0 Å². The number of hydrogen-bond acceptors (Lipinski definition) is 3. The lowest BCUT2D eigenvalue weighted by atomic mass is 9.85. The lowest BCUT2D eigenvalue weighted by Gasteiger charge is -2.40. The fraction of sp³-hybridized carbons (Fsp3) is 0.682. The van der Waals surface area contributed by atoms with Crippen LogP contribution in [0.3, 0.4) is 0 Å². The maximum absolute atomic E-state index is 13.0. The number of anilines is 1. The third-order valence-electron chi connectivity index (χ3n) is 6.74. The molecule has 2 aliphatic carbocycles. The second kappa shape index (κ2) is 8.83. The second-order valence-corrected chi connectivity index (χ2v) is 8.94. The van der Waals surface area contributed by atoms with Crippen molar-refractivity contribution in [3.8, 4) is 0 Å². The first-order chi connectivity index (χ1) is 13.2. The van der Waals surface area contributed by atoms with E-state index >= 15 is 0 Å². The number of hydrogen-bond donors (Lipinski definition) is 1. The Morgan fingerprint density at radius 3 is 2.33 bits per heavy atom. The van der Waals surface area contributed by atoms with Crippen LogP contribution in [-0.4, -0.2) is 54.0 Å². The summed E-state index contributed by atoms with van der Waals surface area (Å²) < 4.78 is 0. The van der Waals surface area contributed by atoms with Gasteiger partial charge in [-0.3, -0.25) is 9.69 Å². The average Bonchev–Trinajstić information content (AvgIpc) is 3.23. The number of carbonyl (C=O) groups excluding carboxylic acids is 1. The summed E-state index contributed by atoms with van der Waals surface area (Å²) in [6.45, 7) is 4.00. The van der Waals surface area contributed by atoms with E-state index in [1.165, 1.54) is 25.7 Å². The van der Waals surface area contributed by atoms with Crippen molar-refractivity contribution in [2.45, 2.75) is 63.5 Å². The topological polar surface area (TPSA) is 35.6 Å². The van der Waals surface area contributed by atoms with Crippen molar-refractivity contribution in [3.63, 3.8) is 0 Å². The summed E-state index contributed by atoms with van der Waals surface area (Å²) in [6, 6.07) is 9.15. The number of nitrogens with one attached hydrogen (secondary N) is 1. The van der Waals surface area contributed by atoms with Gasteiger partial charge in [0.25, 0.3) is 0 Å². The molecule has 1 N–H and O–H groups in total. The second-order valence-electron chi connectivity index (χ2n) is 8.50. The zero-order valence-electron chi connectivity index (χ0n) is 16.2. The van der Waals surface area contributed by atoms with Gasteiger partial charge in [0.1, 0.15) is 0 Å². The summed E-state index contributed by atoms with van der Waals surface area (Å²) in [7, 11) is 0. The van der Waals surface area contributed by atoms with Gasteiger partial charge in [0, 0.05) is 54.9 Å². The van der Waals surface area contributed by atoms with Crippen LogP contribution in [0.1, 0.15) is 51.4 Å². The van der Waals surface area contributed by atoms with Crippen molar-refractivity contribution in [2.24, 2.45) is 5.92 Å². The zero-order valence-corrected chi connectivity index (χ0v) is 17.0. The third kappa shape index (κ3) is 4.78. The maximum atomic E-state index is 13.0. The Kier molecular flexibility index (Phi) is 6.24. The Morgan fingerprint density at radius 1 is 0.963 bits per heavy atom. The first-order valence-corrected chi connectivity index (χ1v) is 11.1. The summed E-state index contributed by atoms with van der Waals surface area (Å²) in [5.74, 6) is 0.628. The van der Waals surface area contributed by atoms with E-state index in [2.05, 4.69) is 21.2 Å². The molecule has 1 aromatic rings. The van der Waals surface area contributed by atoms with Gasteiger partial charge in [-0.1, -0.05) is 30.5 Å². The Hall–Kier alpha value is -1.26. The highest BCUT2D eigenvalue weighted by atomic mass is 35.5. The first kappa shape index (κ1) is 19.1. The van der Waals surface area contributed by atoms with Crippen molar-refractivity contribution >= 4 is 23.2 Å². The number of rotatable bonds is 4. The van der Waals surface area contributed by atoms with Gasteiger partial charge in [-0.25, -0.2) is 0 Å². The molecule has 27 heavy (non-hydrogen) atoms. The van der Waals surface area contributed by atoms with Crippen LogP contribution < -0.4 is 5.32 Å². The van der Waals surface area contributed by atoms with Crippen LogP contribution in [-0.2, 0) is 4.79 Å². The van der Waals surface area contributed by atoms with Gasteiger partial charge in [0.05, 0.1) is 0 Å². The van der Waals surface area contributed by atoms with Crippen molar-refractivity contribution in [1.29, 1.82) is 0 Å². The van der Waals surface area contributed by atoms with Crippen LogP contribution in [0.4, 0.5) is 5.69 Å². The van der Waals surface area contributed by atoms with Crippen LogP contribution in [0, 0.1) is 5.92 Å². The molecule has 148 valence electrons. The monoisotopic (exact) mass is 389 g/mol. The summed E-state index contributed by atoms with van der Waals surface area (Å²) >= 11 is 6.07. The van der Waals surface area contributed by atoms with Crippen molar-refractivity contribution in [2.75, 3.05) is 31.5 Å². The molecular formula is C22H32ClN3O. The molecule has 2 saturated carbocycles. The van der Waals surface area contributed by atoms with Crippen LogP contribution in [0.5, 0.6) is 0 Å². The number of halogens is 1. The van der Waals surface area contributed by atoms with E-state index in [0.717, 1.165) is 68.6 Å². The van der Waals surface area contributed by atoms with Crippen LogP contribution in [0.2, 0.25) is 5.02 Å². The molecular weight excluding hydrogens is 358 g/mol. The Morgan fingerprint density at radius 2 is 1.67 bits per heavy atom. The van der Waals surface area contributed by atoms with Crippen LogP contribution in [0.25, 0.3) is 0 Å². The molecule has 1 saturated heterocycles. The lowest BCUT2D eigenvalue weighted by molar-refractivity contribution is -0.138. The van der Waals surface area contributed by atoms with E-state index in [4.69, 9.17) is 11.6 Å². The van der Waals surface area contributed by atoms with Gasteiger partial charge in [0.15, 0.2) is 0 Å². The quantitative estimate of drug-likeness (QED) is 0.829. The van der Waals surface area contributed by atoms with Gasteiger partial charge in [-0.15, -0.1) is 0 Å². The zero-order chi connectivity index (χ0) is 18.6. The molecule has 1 aliphatic heterocycles. The Bertz CT molecular complexity index is 630. The highest BCUT2D eigenvalue weighted by molar-refractivity contribution is 6.30. The SMILES string of the molecule is O=C([C@H]1CC[C@H](Nc2cccc(Cl)c2)CC1)N1CCN(C2CCCC2)CC1. The molecule has 0 spiro atoms. The number of piperazine rings is 1. The molecule has 0 radical (unpaired) electrons. The Labute approximate surface area is 168 Å². The molecule has 0 unspecified atom stereocenters. The summed E-state index contributed by atoms with van der Waals surface area (Å²) in [6.07, 6.45) is 9.61. The van der Waals surface area contributed by atoms with Gasteiger partial charge in [-0.2, -0.15) is 0 Å². The molecule has 0 aromatic heterocycles. The smallest absolute Gasteiger partial charge is 0.225 e. The van der Waals surface area contributed by atoms with E-state index in [9.17, 15) is 4.79 Å². The van der Waals surface area contributed by atoms with Crippen LogP contribution in [0.15, 0.2) is 24.3 Å². The first-order valence-electron chi connectivity index (χ1n) is 10.7. The average molecular weight is 390 g/mol. The molecule has 3 aliphatic rings. The summed E-state index contributed by atoms with van der Waals surface area (Å²) in [5.41, 5.74) is 1.08. The molecule has 4 rings (SSSR count). The van der Waals surface area contributed by atoms with E-state index in [0.29, 0.717) is 11.9 Å². The van der Waals surface area contributed by atoms with Crippen LogP contribution >= 0.6 is 11.6 Å². The minimum atomic E-state index is 0.223. The number of carbonyl (C=O) groups is 1. The van der Waals surface area contributed by atoms with E-state index in [1.807, 2.05) is 18.2 Å². The maximum Gasteiger partial charge on any atom is 0.225 e. The number of benzene rings is 1. The number of amides is 1. The molecule has 0 atom stereocenters. The third-order valence-corrected chi connectivity index (χ3v) is 6.97. The standard InChI is InChI=1S/C22H32ClN3O/c23-18-4-3-5-20(16-18)24-19-10-8-17(9-11-19)22(27)26-14-12-25(13-15-26)21-6-1-2-7-21/h3-5,16-17,19,21,24H,1-2,6-15H2/t17-,19-.